The fourth-order valence-electron chi connectivity index (χ4n) is 3.13. The van der Waals surface area contributed by atoms with Crippen LogP contribution in [0.3, 0.4) is 0 Å². The summed E-state index contributed by atoms with van der Waals surface area (Å²) < 4.78 is 0. The summed E-state index contributed by atoms with van der Waals surface area (Å²) in [6.45, 7) is 4.95. The Morgan fingerprint density at radius 2 is 2.11 bits per heavy atom. The quantitative estimate of drug-likeness (QED) is 0.577. The van der Waals surface area contributed by atoms with Crippen LogP contribution in [0.25, 0.3) is 0 Å². The number of hydrogen-bond donors (Lipinski definition) is 4. The minimum atomic E-state index is 0.592. The highest BCUT2D eigenvalue weighted by molar-refractivity contribution is 7.15. The molecule has 1 aromatic heterocycles. The monoisotopic (exact) mass is 440 g/mol. The highest BCUT2D eigenvalue weighted by Gasteiger charge is 2.21. The second-order valence-corrected chi connectivity index (χ2v) is 8.62. The number of aliphatic imine (C=N–C) groups is 1. The maximum atomic E-state index is 5.98. The van der Waals surface area contributed by atoms with Gasteiger partial charge in [0.2, 0.25) is 0 Å². The van der Waals surface area contributed by atoms with Crippen molar-refractivity contribution in [1.29, 1.82) is 0 Å². The van der Waals surface area contributed by atoms with Gasteiger partial charge in [0.25, 0.3) is 0 Å². The first-order valence-electron chi connectivity index (χ1n) is 9.53. The number of para-hydroxylation sites is 1. The van der Waals surface area contributed by atoms with E-state index in [1.165, 1.54) is 23.4 Å². The van der Waals surface area contributed by atoms with Crippen LogP contribution in [0.15, 0.2) is 23.2 Å². The fraction of sp³-hybridized carbons (Fsp3) is 0.474. The lowest BCUT2D eigenvalue weighted by Gasteiger charge is -2.21. The van der Waals surface area contributed by atoms with E-state index in [4.69, 9.17) is 28.9 Å². The van der Waals surface area contributed by atoms with Gasteiger partial charge in [-0.3, -0.25) is 4.99 Å². The average Bonchev–Trinajstić information content (AvgIpc) is 3.31. The summed E-state index contributed by atoms with van der Waals surface area (Å²) in [5, 5.41) is 11.6. The van der Waals surface area contributed by atoms with Crippen LogP contribution < -0.4 is 21.7 Å². The molecule has 5 N–H and O–H groups in total. The van der Waals surface area contributed by atoms with Crippen molar-refractivity contribution in [3.63, 3.8) is 0 Å². The number of benzene rings is 1. The molecule has 28 heavy (non-hydrogen) atoms. The Balaban J connectivity index is 0.000000161. The summed E-state index contributed by atoms with van der Waals surface area (Å²) in [6.07, 6.45) is 4.61. The van der Waals surface area contributed by atoms with Gasteiger partial charge in [-0.05, 0) is 44.4 Å². The van der Waals surface area contributed by atoms with Gasteiger partial charge < -0.3 is 21.7 Å². The molecule has 1 aromatic carbocycles. The average molecular weight is 441 g/mol. The van der Waals surface area contributed by atoms with E-state index in [1.807, 2.05) is 0 Å². The summed E-state index contributed by atoms with van der Waals surface area (Å²) in [5.74, 6) is 0.722. The van der Waals surface area contributed by atoms with Crippen LogP contribution >= 0.6 is 34.5 Å². The van der Waals surface area contributed by atoms with Crippen molar-refractivity contribution >= 4 is 51.3 Å². The Hall–Kier alpha value is -1.54. The van der Waals surface area contributed by atoms with E-state index >= 15 is 0 Å². The number of hydrogen-bond acceptors (Lipinski definition) is 7. The first kappa shape index (κ1) is 21.2. The summed E-state index contributed by atoms with van der Waals surface area (Å²) in [6, 6.07) is 6.01. The maximum Gasteiger partial charge on any atom is 0.196 e. The topological polar surface area (TPSA) is 87.4 Å². The van der Waals surface area contributed by atoms with Crippen LogP contribution in [0.5, 0.6) is 0 Å². The van der Waals surface area contributed by atoms with Crippen LogP contribution in [0, 0.1) is 0 Å². The number of aryl methyl sites for hydroxylation is 1. The second-order valence-electron chi connectivity index (χ2n) is 6.69. The van der Waals surface area contributed by atoms with Crippen molar-refractivity contribution in [2.24, 2.45) is 4.99 Å². The van der Waals surface area contributed by atoms with E-state index in [-0.39, 0.29) is 0 Å². The van der Waals surface area contributed by atoms with Crippen molar-refractivity contribution < 1.29 is 0 Å². The van der Waals surface area contributed by atoms with Crippen molar-refractivity contribution in [1.82, 2.24) is 15.6 Å². The first-order chi connectivity index (χ1) is 13.6. The Kier molecular flexibility index (Phi) is 7.79. The van der Waals surface area contributed by atoms with E-state index in [1.54, 1.807) is 29.5 Å². The first-order valence-corrected chi connectivity index (χ1v) is 11.1. The van der Waals surface area contributed by atoms with E-state index in [2.05, 4.69) is 32.9 Å². The lowest BCUT2D eigenvalue weighted by molar-refractivity contribution is 0.460. The molecule has 6 nitrogen and oxygen atoms in total. The molecular formula is C19H26Cl2N6S. The number of rotatable bonds is 4. The third-order valence-electron chi connectivity index (χ3n) is 4.52. The molecule has 1 aliphatic carbocycles. The lowest BCUT2D eigenvalue weighted by Crippen LogP contribution is -2.34. The molecule has 2 aromatic rings. The van der Waals surface area contributed by atoms with Crippen molar-refractivity contribution in [2.75, 3.05) is 30.7 Å². The molecule has 0 saturated heterocycles. The van der Waals surface area contributed by atoms with Crippen molar-refractivity contribution in [2.45, 2.75) is 38.6 Å². The van der Waals surface area contributed by atoms with E-state index in [0.717, 1.165) is 43.6 Å². The third kappa shape index (κ3) is 5.73. The summed E-state index contributed by atoms with van der Waals surface area (Å²) >= 11 is 13.6. The van der Waals surface area contributed by atoms with Crippen molar-refractivity contribution in [3.05, 3.63) is 38.8 Å². The Morgan fingerprint density at radius 3 is 2.79 bits per heavy atom. The number of nitrogens with two attached hydrogens (primary N) is 1. The zero-order valence-electron chi connectivity index (χ0n) is 15.9. The van der Waals surface area contributed by atoms with Crippen LogP contribution in [0.2, 0.25) is 10.0 Å². The highest BCUT2D eigenvalue weighted by atomic mass is 35.5. The molecule has 0 fully saturated rings. The molecule has 0 bridgehead atoms. The third-order valence-corrected chi connectivity index (χ3v) is 6.10. The van der Waals surface area contributed by atoms with Crippen LogP contribution in [0.1, 0.15) is 30.3 Å². The number of fused-ring (bicyclic) bond motifs is 1. The van der Waals surface area contributed by atoms with Crippen molar-refractivity contribution in [3.8, 4) is 0 Å². The molecule has 0 amide bonds. The Labute approximate surface area is 179 Å². The molecule has 1 aliphatic heterocycles. The fourth-order valence-corrected chi connectivity index (χ4v) is 4.59. The predicted octanol–water partition coefficient (Wildman–Crippen LogP) is 3.95. The minimum Gasteiger partial charge on any atom is -0.375 e. The van der Waals surface area contributed by atoms with Crippen LogP contribution in [-0.2, 0) is 12.8 Å². The number of anilines is 2. The SMILES string of the molecule is CCCN[C@H]1CCc2nc(N)sc2C1.Clc1cccc(Cl)c1NC1=NCCN1. The Bertz CT molecular complexity index is 803. The summed E-state index contributed by atoms with van der Waals surface area (Å²) in [4.78, 5) is 9.92. The summed E-state index contributed by atoms with van der Waals surface area (Å²) in [7, 11) is 0. The molecule has 152 valence electrons. The standard InChI is InChI=1S/C10H17N3S.C9H9Cl2N3/c1-2-5-12-7-3-4-8-9(6-7)14-10(11)13-8;10-6-2-1-3-7(11)8(6)14-9-12-4-5-13-9/h7,12H,2-6H2,1H3,(H2,11,13);1-3H,4-5H2,(H2,12,13,14)/t7-;/m0./s1. The van der Waals surface area contributed by atoms with Gasteiger partial charge in [0.05, 0.1) is 28.0 Å². The number of nitrogens with zero attached hydrogens (tertiary/aromatic N) is 2. The van der Waals surface area contributed by atoms with Gasteiger partial charge in [0.1, 0.15) is 0 Å². The summed E-state index contributed by atoms with van der Waals surface area (Å²) in [5.41, 5.74) is 7.63. The molecule has 4 rings (SSSR count). The maximum absolute atomic E-state index is 5.98. The number of nitrogens with one attached hydrogen (secondary N) is 3. The van der Waals surface area contributed by atoms with Gasteiger partial charge >= 0.3 is 0 Å². The second kappa shape index (κ2) is 10.3. The number of halogens is 2. The van der Waals surface area contributed by atoms with E-state index in [9.17, 15) is 0 Å². The zero-order valence-corrected chi connectivity index (χ0v) is 18.2. The van der Waals surface area contributed by atoms with Gasteiger partial charge in [-0.25, -0.2) is 4.98 Å². The molecule has 1 atom stereocenters. The molecule has 9 heteroatoms. The van der Waals surface area contributed by atoms with Gasteiger partial charge in [-0.1, -0.05) is 36.2 Å². The smallest absolute Gasteiger partial charge is 0.196 e. The van der Waals surface area contributed by atoms with E-state index < -0.39 is 0 Å². The number of aromatic nitrogens is 1. The predicted molar refractivity (Wildman–Crippen MR) is 121 cm³/mol. The molecule has 0 radical (unpaired) electrons. The number of nitrogen functional groups attached to an aromatic ring is 1. The molecule has 2 aliphatic rings. The van der Waals surface area contributed by atoms with E-state index in [0.29, 0.717) is 21.8 Å². The highest BCUT2D eigenvalue weighted by Crippen LogP contribution is 2.30. The molecule has 0 spiro atoms. The van der Waals surface area contributed by atoms with Crippen LogP contribution in [-0.4, -0.2) is 36.6 Å². The minimum absolute atomic E-state index is 0.592. The van der Waals surface area contributed by atoms with Crippen LogP contribution in [0.4, 0.5) is 10.8 Å². The molecule has 2 heterocycles. The molecule has 0 unspecified atom stereocenters. The molecule has 0 saturated carbocycles. The lowest BCUT2D eigenvalue weighted by atomic mass is 9.98. The van der Waals surface area contributed by atoms with Gasteiger partial charge in [0, 0.05) is 17.5 Å². The van der Waals surface area contributed by atoms with Gasteiger partial charge in [-0.15, -0.1) is 11.3 Å². The number of thiazole rings is 1. The molecular weight excluding hydrogens is 415 g/mol. The Morgan fingerprint density at radius 1 is 1.32 bits per heavy atom. The number of guanidine groups is 1. The van der Waals surface area contributed by atoms with Gasteiger partial charge in [0.15, 0.2) is 11.1 Å². The van der Waals surface area contributed by atoms with Gasteiger partial charge in [-0.2, -0.15) is 0 Å². The largest absolute Gasteiger partial charge is 0.375 e. The normalized spacial score (nSPS) is 17.8. The zero-order chi connectivity index (χ0) is 19.9.